The van der Waals surface area contributed by atoms with E-state index in [-0.39, 0.29) is 10.7 Å². The number of aliphatic imine (C=N–C) groups is 1. The van der Waals surface area contributed by atoms with Gasteiger partial charge in [-0.25, -0.2) is 9.98 Å². The van der Waals surface area contributed by atoms with Gasteiger partial charge in [-0.05, 0) is 6.07 Å². The molecule has 5 rings (SSSR count). The minimum absolute atomic E-state index is 0.133. The molecule has 2 aliphatic rings. The van der Waals surface area contributed by atoms with E-state index in [9.17, 15) is 18.0 Å². The highest BCUT2D eigenvalue weighted by Crippen LogP contribution is 2.39. The molecule has 0 saturated carbocycles. The lowest BCUT2D eigenvalue weighted by atomic mass is 10.0. The first kappa shape index (κ1) is 26.3. The van der Waals surface area contributed by atoms with Crippen LogP contribution in [0.15, 0.2) is 59.6 Å². The number of para-hydroxylation sites is 1. The number of nitrogens with zero attached hydrogens (tertiary/aromatic N) is 3. The van der Waals surface area contributed by atoms with Gasteiger partial charge < -0.3 is 25.6 Å². The van der Waals surface area contributed by atoms with E-state index in [4.69, 9.17) is 15.6 Å². The number of ether oxygens (including phenoxy) is 1. The fraction of sp³-hybridized carbons (Fsp3) is 0.240. The van der Waals surface area contributed by atoms with Crippen LogP contribution in [-0.4, -0.2) is 60.9 Å². The Labute approximate surface area is 224 Å². The predicted octanol–water partition coefficient (Wildman–Crippen LogP) is 3.25. The summed E-state index contributed by atoms with van der Waals surface area (Å²) in [4.78, 5) is 22.8. The fourth-order valence-electron chi connectivity index (χ4n) is 4.15. The minimum Gasteiger partial charge on any atom is -0.405 e. The van der Waals surface area contributed by atoms with Crippen LogP contribution in [-0.2, 0) is 15.7 Å². The maximum Gasteiger partial charge on any atom is 0.443 e. The summed E-state index contributed by atoms with van der Waals surface area (Å²) < 4.78 is 45.6. The standard InChI is InChI=1S/C25H23F3N8O2S/c26-25(27,28)23-34-18(22(39-23)36-12-10-31-11-13-36)19(29)38-24(30)35-20-21(37)32-16-9-5-4-8-15(16)17(33-20)14-6-2-1-3-7-14/h1-9,20,29,31H,10-13H2,(H2,30,35)(H,32,37). The molecule has 39 heavy (non-hydrogen) atoms. The molecule has 14 heteroatoms. The first-order valence-corrected chi connectivity index (χ1v) is 12.7. The average molecular weight is 557 g/mol. The van der Waals surface area contributed by atoms with Crippen LogP contribution in [0.5, 0.6) is 0 Å². The number of amidine groups is 1. The van der Waals surface area contributed by atoms with Crippen molar-refractivity contribution in [2.75, 3.05) is 36.4 Å². The fourth-order valence-corrected chi connectivity index (χ4v) is 5.13. The smallest absolute Gasteiger partial charge is 0.405 e. The number of hydrogen-bond acceptors (Lipinski definition) is 9. The Balaban J connectivity index is 1.39. The molecule has 1 saturated heterocycles. The lowest BCUT2D eigenvalue weighted by Crippen LogP contribution is -2.44. The Kier molecular flexibility index (Phi) is 7.30. The number of halogens is 3. The second-order valence-electron chi connectivity index (χ2n) is 8.59. The summed E-state index contributed by atoms with van der Waals surface area (Å²) in [6.45, 7) is 1.97. The predicted molar refractivity (Wildman–Crippen MR) is 142 cm³/mol. The third-order valence-corrected chi connectivity index (χ3v) is 7.10. The van der Waals surface area contributed by atoms with E-state index in [0.29, 0.717) is 54.5 Å². The Morgan fingerprint density at radius 1 is 1.08 bits per heavy atom. The molecule has 0 radical (unpaired) electrons. The zero-order valence-corrected chi connectivity index (χ0v) is 21.1. The largest absolute Gasteiger partial charge is 0.443 e. The average Bonchev–Trinajstić information content (AvgIpc) is 3.34. The molecule has 1 unspecified atom stereocenters. The number of fused-ring (bicyclic) bond motifs is 1. The van der Waals surface area contributed by atoms with E-state index in [1.807, 2.05) is 36.4 Å². The maximum atomic E-state index is 13.4. The number of anilines is 2. The Bertz CT molecular complexity index is 1430. The number of amides is 1. The van der Waals surface area contributed by atoms with Gasteiger partial charge in [0.15, 0.2) is 5.69 Å². The lowest BCUT2D eigenvalue weighted by molar-refractivity contribution is -0.137. The van der Waals surface area contributed by atoms with Crippen LogP contribution >= 0.6 is 11.3 Å². The van der Waals surface area contributed by atoms with Crippen LogP contribution in [0, 0.1) is 10.8 Å². The number of benzodiazepines with no additional fused rings is 1. The molecule has 10 nitrogen and oxygen atoms in total. The van der Waals surface area contributed by atoms with Gasteiger partial charge in [0, 0.05) is 37.3 Å². The summed E-state index contributed by atoms with van der Waals surface area (Å²) in [5.41, 5.74) is 2.09. The molecule has 3 heterocycles. The molecule has 1 aromatic heterocycles. The van der Waals surface area contributed by atoms with Gasteiger partial charge in [0.2, 0.25) is 17.1 Å². The number of rotatable bonds is 4. The SMILES string of the molecule is N=C(NC1N=C(c2ccccc2)c2ccccc2NC1=O)OC(=N)c1nc(C(F)(F)F)sc1N1CCNCC1. The molecule has 0 spiro atoms. The number of carbonyl (C=O) groups is 1. The molecule has 1 amide bonds. The molecule has 5 N–H and O–H groups in total. The summed E-state index contributed by atoms with van der Waals surface area (Å²) in [6, 6.07) is 15.5. The molecular formula is C25H23F3N8O2S. The van der Waals surface area contributed by atoms with Crippen molar-refractivity contribution >= 4 is 45.6 Å². The number of aromatic nitrogens is 1. The van der Waals surface area contributed by atoms with Gasteiger partial charge in [-0.1, -0.05) is 59.9 Å². The number of thiazole rings is 1. The zero-order chi connectivity index (χ0) is 27.6. The highest BCUT2D eigenvalue weighted by Gasteiger charge is 2.38. The highest BCUT2D eigenvalue weighted by atomic mass is 32.1. The van der Waals surface area contributed by atoms with E-state index < -0.39 is 35.2 Å². The minimum atomic E-state index is -4.70. The van der Waals surface area contributed by atoms with Crippen LogP contribution in [0.25, 0.3) is 0 Å². The van der Waals surface area contributed by atoms with Gasteiger partial charge in [0.1, 0.15) is 5.00 Å². The van der Waals surface area contributed by atoms with E-state index in [0.717, 1.165) is 5.56 Å². The normalized spacial score (nSPS) is 17.4. The summed E-state index contributed by atoms with van der Waals surface area (Å²) in [6.07, 6.45) is -6.02. The monoisotopic (exact) mass is 556 g/mol. The molecule has 0 bridgehead atoms. The van der Waals surface area contributed by atoms with Gasteiger partial charge in [-0.3, -0.25) is 15.6 Å². The summed E-state index contributed by atoms with van der Waals surface area (Å²) in [7, 11) is 0. The first-order valence-electron chi connectivity index (χ1n) is 11.9. The summed E-state index contributed by atoms with van der Waals surface area (Å²) in [5, 5.41) is 24.0. The van der Waals surface area contributed by atoms with Crippen LogP contribution < -0.4 is 20.9 Å². The summed E-state index contributed by atoms with van der Waals surface area (Å²) in [5.74, 6) is -1.33. The van der Waals surface area contributed by atoms with Gasteiger partial charge in [-0.2, -0.15) is 13.2 Å². The molecule has 3 aromatic rings. The molecule has 202 valence electrons. The van der Waals surface area contributed by atoms with Gasteiger partial charge in [0.25, 0.3) is 11.9 Å². The Morgan fingerprint density at radius 3 is 2.49 bits per heavy atom. The molecule has 1 fully saturated rings. The van der Waals surface area contributed by atoms with Gasteiger partial charge >= 0.3 is 6.18 Å². The van der Waals surface area contributed by atoms with Crippen molar-refractivity contribution in [3.05, 3.63) is 76.4 Å². The second-order valence-corrected chi connectivity index (χ2v) is 9.57. The molecule has 0 aliphatic carbocycles. The molecule has 2 aliphatic heterocycles. The zero-order valence-electron chi connectivity index (χ0n) is 20.3. The number of benzene rings is 2. The van der Waals surface area contributed by atoms with Crippen LogP contribution in [0.2, 0.25) is 0 Å². The lowest BCUT2D eigenvalue weighted by Gasteiger charge is -2.28. The van der Waals surface area contributed by atoms with E-state index in [2.05, 4.69) is 25.9 Å². The van der Waals surface area contributed by atoms with E-state index in [1.54, 1.807) is 23.1 Å². The quantitative estimate of drug-likeness (QED) is 0.247. The Morgan fingerprint density at radius 2 is 1.77 bits per heavy atom. The number of hydrogen-bond donors (Lipinski definition) is 5. The maximum absolute atomic E-state index is 13.4. The van der Waals surface area contributed by atoms with Crippen molar-refractivity contribution in [1.29, 1.82) is 10.8 Å². The van der Waals surface area contributed by atoms with E-state index in [1.165, 1.54) is 0 Å². The molecular weight excluding hydrogens is 533 g/mol. The number of nitrogens with one attached hydrogen (secondary N) is 5. The van der Waals surface area contributed by atoms with Crippen molar-refractivity contribution in [3.8, 4) is 0 Å². The van der Waals surface area contributed by atoms with Gasteiger partial charge in [-0.15, -0.1) is 0 Å². The second kappa shape index (κ2) is 10.8. The van der Waals surface area contributed by atoms with E-state index >= 15 is 0 Å². The third kappa shape index (κ3) is 5.76. The first-order chi connectivity index (χ1) is 18.7. The summed E-state index contributed by atoms with van der Waals surface area (Å²) >= 11 is 0.422. The van der Waals surface area contributed by atoms with Crippen molar-refractivity contribution in [1.82, 2.24) is 15.6 Å². The van der Waals surface area contributed by atoms with Crippen molar-refractivity contribution in [3.63, 3.8) is 0 Å². The molecule has 1 atom stereocenters. The topological polar surface area (TPSA) is 139 Å². The van der Waals surface area contributed by atoms with Crippen LogP contribution in [0.3, 0.4) is 0 Å². The van der Waals surface area contributed by atoms with Gasteiger partial charge in [0.05, 0.1) is 11.4 Å². The highest BCUT2D eigenvalue weighted by molar-refractivity contribution is 7.16. The number of carbonyl (C=O) groups excluding carboxylic acids is 1. The van der Waals surface area contributed by atoms with Crippen LogP contribution in [0.1, 0.15) is 21.8 Å². The van der Waals surface area contributed by atoms with Crippen molar-refractivity contribution < 1.29 is 22.7 Å². The Hall–Kier alpha value is -4.30. The number of piperazine rings is 1. The van der Waals surface area contributed by atoms with Crippen LogP contribution in [0.4, 0.5) is 23.9 Å². The molecule has 2 aromatic carbocycles. The van der Waals surface area contributed by atoms with Crippen molar-refractivity contribution in [2.45, 2.75) is 12.3 Å². The third-order valence-electron chi connectivity index (χ3n) is 5.94. The number of alkyl halides is 3. The van der Waals surface area contributed by atoms with Crippen molar-refractivity contribution in [2.24, 2.45) is 4.99 Å².